The minimum Gasteiger partial charge on any atom is -0.489 e. The van der Waals surface area contributed by atoms with E-state index in [1.165, 1.54) is 4.88 Å². The molecule has 126 valence electrons. The van der Waals surface area contributed by atoms with Gasteiger partial charge in [-0.25, -0.2) is 0 Å². The molecule has 3 aromatic rings. The monoisotopic (exact) mass is 369 g/mol. The van der Waals surface area contributed by atoms with Crippen LogP contribution in [0.5, 0.6) is 5.75 Å². The van der Waals surface area contributed by atoms with Gasteiger partial charge in [-0.05, 0) is 46.8 Å². The lowest BCUT2D eigenvalue weighted by molar-refractivity contribution is -0.116. The van der Waals surface area contributed by atoms with Crippen molar-refractivity contribution in [1.29, 1.82) is 0 Å². The first-order valence-electron chi connectivity index (χ1n) is 8.03. The maximum absolute atomic E-state index is 11.9. The quantitative estimate of drug-likeness (QED) is 0.663. The number of halogens is 1. The predicted octanol–water partition coefficient (Wildman–Crippen LogP) is 5.45. The Labute approximate surface area is 155 Å². The molecule has 0 bridgehead atoms. The van der Waals surface area contributed by atoms with E-state index in [1.54, 1.807) is 11.3 Å². The van der Waals surface area contributed by atoms with E-state index < -0.39 is 0 Å². The third kappa shape index (κ3) is 3.55. The Morgan fingerprint density at radius 2 is 2.00 bits per heavy atom. The fourth-order valence-corrected chi connectivity index (χ4v) is 4.23. The number of thiophene rings is 1. The van der Waals surface area contributed by atoms with Crippen LogP contribution < -0.4 is 10.1 Å². The molecule has 1 N–H and O–H groups in total. The molecule has 3 nitrogen and oxygen atoms in total. The number of carbonyl (C=O) groups is 1. The second-order valence-corrected chi connectivity index (χ2v) is 7.38. The van der Waals surface area contributed by atoms with Gasteiger partial charge in [-0.3, -0.25) is 4.79 Å². The van der Waals surface area contributed by atoms with Crippen LogP contribution in [0.4, 0.5) is 5.69 Å². The number of ether oxygens (including phenoxy) is 1. The Hall–Kier alpha value is -2.30. The van der Waals surface area contributed by atoms with Crippen molar-refractivity contribution in [3.63, 3.8) is 0 Å². The topological polar surface area (TPSA) is 38.3 Å². The van der Waals surface area contributed by atoms with E-state index in [-0.39, 0.29) is 11.8 Å². The number of hydrogen-bond donors (Lipinski definition) is 1. The average Bonchev–Trinajstić information content (AvgIpc) is 3.08. The number of hydrogen-bond acceptors (Lipinski definition) is 3. The summed E-state index contributed by atoms with van der Waals surface area (Å²) in [5, 5.41) is 5.66. The smallest absolute Gasteiger partial charge is 0.225 e. The van der Waals surface area contributed by atoms with Crippen LogP contribution in [0.25, 0.3) is 0 Å². The van der Waals surface area contributed by atoms with Gasteiger partial charge >= 0.3 is 0 Å². The first-order valence-corrected chi connectivity index (χ1v) is 9.29. The Kier molecular flexibility index (Phi) is 4.47. The van der Waals surface area contributed by atoms with E-state index in [2.05, 4.69) is 5.32 Å². The average molecular weight is 370 g/mol. The van der Waals surface area contributed by atoms with Crippen LogP contribution in [0.3, 0.4) is 0 Å². The van der Waals surface area contributed by atoms with Crippen LogP contribution >= 0.6 is 22.9 Å². The van der Waals surface area contributed by atoms with Crippen molar-refractivity contribution in [2.24, 2.45) is 0 Å². The summed E-state index contributed by atoms with van der Waals surface area (Å²) in [5.41, 5.74) is 3.10. The van der Waals surface area contributed by atoms with Gasteiger partial charge in [0, 0.05) is 22.2 Å². The number of nitrogens with one attached hydrogen (secondary N) is 1. The first kappa shape index (κ1) is 16.2. The fourth-order valence-electron chi connectivity index (χ4n) is 3.03. The number of amides is 1. The summed E-state index contributed by atoms with van der Waals surface area (Å²) in [4.78, 5) is 13.1. The lowest BCUT2D eigenvalue weighted by Gasteiger charge is -2.23. The highest BCUT2D eigenvalue weighted by atomic mass is 35.5. The molecule has 0 saturated carbocycles. The van der Waals surface area contributed by atoms with Gasteiger partial charge in [-0.1, -0.05) is 35.9 Å². The second-order valence-electron chi connectivity index (χ2n) is 5.99. The van der Waals surface area contributed by atoms with E-state index in [1.807, 2.05) is 60.0 Å². The van der Waals surface area contributed by atoms with Gasteiger partial charge in [0.05, 0.1) is 5.69 Å². The lowest BCUT2D eigenvalue weighted by Crippen LogP contribution is -2.21. The van der Waals surface area contributed by atoms with Crippen molar-refractivity contribution in [3.05, 3.63) is 81.0 Å². The number of carbonyl (C=O) groups excluding carboxylic acids is 1. The first-order chi connectivity index (χ1) is 12.2. The van der Waals surface area contributed by atoms with Gasteiger partial charge in [-0.15, -0.1) is 11.3 Å². The summed E-state index contributed by atoms with van der Waals surface area (Å²) in [7, 11) is 0. The number of benzene rings is 2. The molecule has 0 spiro atoms. The largest absolute Gasteiger partial charge is 0.489 e. The van der Waals surface area contributed by atoms with Gasteiger partial charge in [0.2, 0.25) is 5.91 Å². The van der Waals surface area contributed by atoms with Gasteiger partial charge in [0.25, 0.3) is 0 Å². The van der Waals surface area contributed by atoms with Gasteiger partial charge in [-0.2, -0.15) is 0 Å². The molecule has 4 rings (SSSR count). The Balaban J connectivity index is 1.48. The van der Waals surface area contributed by atoms with E-state index in [0.717, 1.165) is 22.6 Å². The molecule has 0 unspecified atom stereocenters. The van der Waals surface area contributed by atoms with E-state index in [0.29, 0.717) is 18.1 Å². The third-order valence-corrected chi connectivity index (χ3v) is 5.52. The van der Waals surface area contributed by atoms with E-state index in [9.17, 15) is 4.79 Å². The minimum atomic E-state index is 0.0668. The molecule has 0 saturated heterocycles. The van der Waals surface area contributed by atoms with Crippen molar-refractivity contribution in [1.82, 2.24) is 0 Å². The molecule has 0 radical (unpaired) electrons. The summed E-state index contributed by atoms with van der Waals surface area (Å²) in [6, 6.07) is 17.6. The van der Waals surface area contributed by atoms with Crippen LogP contribution in [0, 0.1) is 0 Å². The Morgan fingerprint density at radius 3 is 2.80 bits per heavy atom. The predicted molar refractivity (Wildman–Crippen MR) is 102 cm³/mol. The molecule has 0 fully saturated rings. The van der Waals surface area contributed by atoms with E-state index in [4.69, 9.17) is 16.3 Å². The van der Waals surface area contributed by atoms with Gasteiger partial charge in [0.1, 0.15) is 12.4 Å². The highest BCUT2D eigenvalue weighted by Crippen LogP contribution is 2.40. The molecule has 2 heterocycles. The molecule has 1 amide bonds. The van der Waals surface area contributed by atoms with Gasteiger partial charge < -0.3 is 10.1 Å². The Morgan fingerprint density at radius 1 is 1.16 bits per heavy atom. The fraction of sp³-hybridized carbons (Fsp3) is 0.150. The summed E-state index contributed by atoms with van der Waals surface area (Å²) in [5.74, 6) is 0.985. The molecule has 2 aromatic carbocycles. The maximum atomic E-state index is 11.9. The zero-order valence-corrected chi connectivity index (χ0v) is 14.9. The molecule has 1 atom stereocenters. The molecule has 5 heteroatoms. The minimum absolute atomic E-state index is 0.0668. The van der Waals surface area contributed by atoms with Gasteiger partial charge in [0.15, 0.2) is 0 Å². The molecule has 1 aliphatic rings. The summed E-state index contributed by atoms with van der Waals surface area (Å²) in [6.07, 6.45) is 0.482. The molecular formula is C20H16ClNO2S. The molecule has 25 heavy (non-hydrogen) atoms. The highest BCUT2D eigenvalue weighted by Gasteiger charge is 2.27. The van der Waals surface area contributed by atoms with Crippen LogP contribution in [0.1, 0.15) is 28.3 Å². The van der Waals surface area contributed by atoms with Crippen molar-refractivity contribution < 1.29 is 9.53 Å². The highest BCUT2D eigenvalue weighted by molar-refractivity contribution is 7.10. The summed E-state index contributed by atoms with van der Waals surface area (Å²) < 4.78 is 5.83. The van der Waals surface area contributed by atoms with Crippen LogP contribution in [0.2, 0.25) is 5.02 Å². The van der Waals surface area contributed by atoms with Crippen molar-refractivity contribution >= 4 is 34.5 Å². The molecule has 1 aromatic heterocycles. The number of fused-ring (bicyclic) bond motifs is 1. The van der Waals surface area contributed by atoms with Crippen molar-refractivity contribution in [2.45, 2.75) is 18.9 Å². The standard InChI is InChI=1S/C20H16ClNO2S/c21-15-3-1-2-13(10-15)12-24-16-6-4-14(5-7-16)17-11-19(23)22-18-8-9-25-20(17)18/h1-10,17H,11-12H2,(H,22,23)/t17-/m0/s1. The molecule has 1 aliphatic heterocycles. The van der Waals surface area contributed by atoms with Crippen LogP contribution in [-0.2, 0) is 11.4 Å². The zero-order chi connectivity index (χ0) is 17.2. The zero-order valence-electron chi connectivity index (χ0n) is 13.4. The Bertz CT molecular complexity index is 904. The third-order valence-electron chi connectivity index (χ3n) is 4.25. The van der Waals surface area contributed by atoms with Crippen molar-refractivity contribution in [2.75, 3.05) is 5.32 Å². The maximum Gasteiger partial charge on any atom is 0.225 e. The SMILES string of the molecule is O=C1C[C@@H](c2ccc(OCc3cccc(Cl)c3)cc2)c2sccc2N1. The summed E-state index contributed by atoms with van der Waals surface area (Å²) >= 11 is 7.67. The van der Waals surface area contributed by atoms with Crippen molar-refractivity contribution in [3.8, 4) is 5.75 Å². The molecular weight excluding hydrogens is 354 g/mol. The lowest BCUT2D eigenvalue weighted by atomic mass is 9.91. The normalized spacial score (nSPS) is 16.2. The van der Waals surface area contributed by atoms with Crippen LogP contribution in [0.15, 0.2) is 60.0 Å². The summed E-state index contributed by atoms with van der Waals surface area (Å²) in [6.45, 7) is 0.473. The van der Waals surface area contributed by atoms with E-state index >= 15 is 0 Å². The number of anilines is 1. The number of rotatable bonds is 4. The van der Waals surface area contributed by atoms with Crippen LogP contribution in [-0.4, -0.2) is 5.91 Å². The molecule has 0 aliphatic carbocycles. The second kappa shape index (κ2) is 6.90.